The van der Waals surface area contributed by atoms with E-state index in [1.54, 1.807) is 14.2 Å². The van der Waals surface area contributed by atoms with E-state index in [0.29, 0.717) is 13.2 Å². The summed E-state index contributed by atoms with van der Waals surface area (Å²) in [7, 11) is 3.47. The van der Waals surface area contributed by atoms with Crippen LogP contribution in [0.25, 0.3) is 0 Å². The molecule has 1 aliphatic carbocycles. The van der Waals surface area contributed by atoms with Gasteiger partial charge in [-0.15, -0.1) is 0 Å². The molecule has 1 saturated carbocycles. The first-order chi connectivity index (χ1) is 14.6. The zero-order valence-electron chi connectivity index (χ0n) is 18.5. The van der Waals surface area contributed by atoms with Gasteiger partial charge < -0.3 is 24.4 Å². The van der Waals surface area contributed by atoms with Crippen LogP contribution in [0, 0.1) is 5.92 Å². The topological polar surface area (TPSA) is 72.4 Å². The van der Waals surface area contributed by atoms with E-state index in [9.17, 15) is 4.79 Å². The Morgan fingerprint density at radius 3 is 2.53 bits per heavy atom. The molecule has 166 valence electrons. The summed E-state index contributed by atoms with van der Waals surface area (Å²) in [5.74, 6) is 2.36. The maximum atomic E-state index is 12.0. The number of nitrogens with zero attached hydrogens (tertiary/aromatic N) is 2. The predicted molar refractivity (Wildman–Crippen MR) is 117 cm³/mol. The van der Waals surface area contributed by atoms with Gasteiger partial charge in [0.05, 0.1) is 25.7 Å². The van der Waals surface area contributed by atoms with Crippen molar-refractivity contribution in [1.29, 1.82) is 0 Å². The summed E-state index contributed by atoms with van der Waals surface area (Å²) >= 11 is 0. The summed E-state index contributed by atoms with van der Waals surface area (Å²) in [4.78, 5) is 18.6. The molecule has 0 atom stereocenters. The number of ether oxygens (including phenoxy) is 3. The van der Waals surface area contributed by atoms with Crippen LogP contribution in [0.3, 0.4) is 0 Å². The highest BCUT2D eigenvalue weighted by atomic mass is 16.5. The zero-order chi connectivity index (χ0) is 21.3. The van der Waals surface area contributed by atoms with Gasteiger partial charge >= 0.3 is 5.97 Å². The van der Waals surface area contributed by atoms with Gasteiger partial charge in [-0.3, -0.25) is 9.79 Å². The number of esters is 1. The van der Waals surface area contributed by atoms with Gasteiger partial charge in [0.1, 0.15) is 0 Å². The van der Waals surface area contributed by atoms with Crippen molar-refractivity contribution >= 4 is 11.9 Å². The van der Waals surface area contributed by atoms with Crippen molar-refractivity contribution in [3.05, 3.63) is 23.8 Å². The number of nitrogens with one attached hydrogen (secondary N) is 1. The smallest absolute Gasteiger partial charge is 0.309 e. The van der Waals surface area contributed by atoms with Crippen molar-refractivity contribution in [1.82, 2.24) is 10.2 Å². The number of piperidine rings is 1. The third kappa shape index (κ3) is 5.80. The number of carbonyl (C=O) groups is 1. The highest BCUT2D eigenvalue weighted by Gasteiger charge is 2.27. The second-order valence-corrected chi connectivity index (χ2v) is 7.92. The first-order valence-corrected chi connectivity index (χ1v) is 11.1. The number of hydrogen-bond acceptors (Lipinski definition) is 5. The molecule has 1 aromatic carbocycles. The van der Waals surface area contributed by atoms with Crippen LogP contribution in [-0.4, -0.2) is 56.8 Å². The Kier molecular flexibility index (Phi) is 8.22. The third-order valence-electron chi connectivity index (χ3n) is 5.90. The molecule has 2 aliphatic rings. The standard InChI is InChI=1S/C23H35N3O4/c1-4-29-22(27)18-11-13-26(14-12-18)23(24-2)25-16-17-9-10-20(28-3)21(15-17)30-19-7-5-6-8-19/h9-10,15,18-19H,4-8,11-14,16H2,1-3H3,(H,24,25). The lowest BCUT2D eigenvalue weighted by Crippen LogP contribution is -2.46. The molecule has 0 spiro atoms. The van der Waals surface area contributed by atoms with Gasteiger partial charge in [0.25, 0.3) is 0 Å². The van der Waals surface area contributed by atoms with Crippen LogP contribution in [0.2, 0.25) is 0 Å². The largest absolute Gasteiger partial charge is 0.493 e. The fourth-order valence-corrected chi connectivity index (χ4v) is 4.21. The normalized spacial score (nSPS) is 18.4. The molecule has 1 aromatic rings. The van der Waals surface area contributed by atoms with Crippen LogP contribution in [0.1, 0.15) is 51.0 Å². The second kappa shape index (κ2) is 11.1. The first kappa shape index (κ1) is 22.2. The molecule has 7 heteroatoms. The Morgan fingerprint density at radius 2 is 1.90 bits per heavy atom. The van der Waals surface area contributed by atoms with E-state index in [-0.39, 0.29) is 18.0 Å². The van der Waals surface area contributed by atoms with Crippen LogP contribution in [-0.2, 0) is 16.1 Å². The van der Waals surface area contributed by atoms with Crippen molar-refractivity contribution in [3.63, 3.8) is 0 Å². The van der Waals surface area contributed by atoms with Crippen LogP contribution in [0.15, 0.2) is 23.2 Å². The molecular weight excluding hydrogens is 382 g/mol. The van der Waals surface area contributed by atoms with Crippen LogP contribution in [0.4, 0.5) is 0 Å². The molecule has 1 saturated heterocycles. The minimum Gasteiger partial charge on any atom is -0.493 e. The average molecular weight is 418 g/mol. The molecule has 1 aliphatic heterocycles. The highest BCUT2D eigenvalue weighted by molar-refractivity contribution is 5.80. The van der Waals surface area contributed by atoms with E-state index in [1.165, 1.54) is 12.8 Å². The summed E-state index contributed by atoms with van der Waals surface area (Å²) in [6, 6.07) is 6.08. The number of methoxy groups -OCH3 is 1. The molecular formula is C23H35N3O4. The number of benzene rings is 1. The Balaban J connectivity index is 1.55. The highest BCUT2D eigenvalue weighted by Crippen LogP contribution is 2.32. The molecule has 0 bridgehead atoms. The SMILES string of the molecule is CCOC(=O)C1CCN(C(=NC)NCc2ccc(OC)c(OC3CCCC3)c2)CC1. The monoisotopic (exact) mass is 417 g/mol. The zero-order valence-corrected chi connectivity index (χ0v) is 18.5. The lowest BCUT2D eigenvalue weighted by Gasteiger charge is -2.33. The van der Waals surface area contributed by atoms with E-state index in [1.807, 2.05) is 19.1 Å². The Morgan fingerprint density at radius 1 is 1.17 bits per heavy atom. The average Bonchev–Trinajstić information content (AvgIpc) is 3.28. The summed E-state index contributed by atoms with van der Waals surface area (Å²) in [5.41, 5.74) is 1.12. The lowest BCUT2D eigenvalue weighted by atomic mass is 9.97. The minimum absolute atomic E-state index is 0.00353. The summed E-state index contributed by atoms with van der Waals surface area (Å²) < 4.78 is 16.8. The van der Waals surface area contributed by atoms with Crippen molar-refractivity contribution in [2.75, 3.05) is 33.9 Å². The van der Waals surface area contributed by atoms with E-state index >= 15 is 0 Å². The van der Waals surface area contributed by atoms with E-state index in [4.69, 9.17) is 14.2 Å². The minimum atomic E-state index is -0.0758. The van der Waals surface area contributed by atoms with Crippen molar-refractivity contribution in [2.45, 2.75) is 58.1 Å². The number of guanidine groups is 1. The van der Waals surface area contributed by atoms with Gasteiger partial charge in [0.15, 0.2) is 17.5 Å². The summed E-state index contributed by atoms with van der Waals surface area (Å²) in [5, 5.41) is 3.45. The van der Waals surface area contributed by atoms with Crippen molar-refractivity contribution < 1.29 is 19.0 Å². The molecule has 30 heavy (non-hydrogen) atoms. The second-order valence-electron chi connectivity index (χ2n) is 7.92. The molecule has 7 nitrogen and oxygen atoms in total. The van der Waals surface area contributed by atoms with Gasteiger partial charge in [-0.25, -0.2) is 0 Å². The van der Waals surface area contributed by atoms with Gasteiger partial charge in [0.2, 0.25) is 0 Å². The molecule has 1 N–H and O–H groups in total. The molecule has 3 rings (SSSR count). The van der Waals surface area contributed by atoms with Crippen molar-refractivity contribution in [3.8, 4) is 11.5 Å². The Labute approximate surface area is 179 Å². The number of carbonyl (C=O) groups excluding carboxylic acids is 1. The lowest BCUT2D eigenvalue weighted by molar-refractivity contribution is -0.149. The number of likely N-dealkylation sites (tertiary alicyclic amines) is 1. The van der Waals surface area contributed by atoms with Gasteiger partial charge in [-0.05, 0) is 63.1 Å². The quantitative estimate of drug-likeness (QED) is 0.417. The third-order valence-corrected chi connectivity index (χ3v) is 5.90. The van der Waals surface area contributed by atoms with E-state index in [2.05, 4.69) is 21.3 Å². The molecule has 0 aromatic heterocycles. The molecule has 0 amide bonds. The fraction of sp³-hybridized carbons (Fsp3) is 0.652. The van der Waals surface area contributed by atoms with Gasteiger partial charge in [-0.1, -0.05) is 6.07 Å². The predicted octanol–water partition coefficient (Wildman–Crippen LogP) is 3.37. The number of hydrogen-bond donors (Lipinski definition) is 1. The van der Waals surface area contributed by atoms with E-state index < -0.39 is 0 Å². The first-order valence-electron chi connectivity index (χ1n) is 11.1. The van der Waals surface area contributed by atoms with Gasteiger partial charge in [-0.2, -0.15) is 0 Å². The van der Waals surface area contributed by atoms with Crippen LogP contribution >= 0.6 is 0 Å². The fourth-order valence-electron chi connectivity index (χ4n) is 4.21. The molecule has 1 heterocycles. The van der Waals surface area contributed by atoms with E-state index in [0.717, 1.165) is 61.8 Å². The summed E-state index contributed by atoms with van der Waals surface area (Å²) in [6.07, 6.45) is 6.56. The molecule has 2 fully saturated rings. The Hall–Kier alpha value is -2.44. The maximum absolute atomic E-state index is 12.0. The van der Waals surface area contributed by atoms with Crippen molar-refractivity contribution in [2.24, 2.45) is 10.9 Å². The molecule has 0 radical (unpaired) electrons. The Bertz CT molecular complexity index is 723. The molecule has 0 unspecified atom stereocenters. The van der Waals surface area contributed by atoms with Gasteiger partial charge in [0, 0.05) is 26.7 Å². The van der Waals surface area contributed by atoms with Crippen LogP contribution in [0.5, 0.6) is 11.5 Å². The number of rotatable bonds is 7. The van der Waals surface area contributed by atoms with Crippen LogP contribution < -0.4 is 14.8 Å². The number of aliphatic imine (C=N–C) groups is 1. The summed E-state index contributed by atoms with van der Waals surface area (Å²) in [6.45, 7) is 4.53. The maximum Gasteiger partial charge on any atom is 0.309 e.